The van der Waals surface area contributed by atoms with Crippen molar-refractivity contribution in [2.45, 2.75) is 73.1 Å². The largest absolute Gasteiger partial charge is 0.506 e. The molecule has 0 saturated carbocycles. The summed E-state index contributed by atoms with van der Waals surface area (Å²) in [6, 6.07) is 21.2. The Morgan fingerprint density at radius 2 is 1.37 bits per heavy atom. The van der Waals surface area contributed by atoms with Gasteiger partial charge in [0.15, 0.2) is 11.4 Å². The maximum Gasteiger partial charge on any atom is 0.341 e. The van der Waals surface area contributed by atoms with Gasteiger partial charge in [0.25, 0.3) is 10.1 Å². The van der Waals surface area contributed by atoms with E-state index in [-0.39, 0.29) is 48.6 Å². The van der Waals surface area contributed by atoms with Crippen LogP contribution in [0.4, 0.5) is 34.7 Å². The Morgan fingerprint density at radius 1 is 0.783 bits per heavy atom. The molecule has 2 aromatic heterocycles. The number of phenolic OH excluding ortho intramolecular Hbond substituents is 1. The number of azo groups is 2. The number of aromatic hydroxyl groups is 1. The van der Waals surface area contributed by atoms with E-state index in [4.69, 9.17) is 4.42 Å². The molecule has 0 atom stereocenters. The summed E-state index contributed by atoms with van der Waals surface area (Å²) in [6.45, 7) is 21.0. The molecule has 6 rings (SSSR count). The van der Waals surface area contributed by atoms with Gasteiger partial charge in [-0.25, -0.2) is 4.98 Å². The molecule has 0 aliphatic heterocycles. The Hall–Kier alpha value is -5.34. The number of carbonyl (C=O) groups is 1. The van der Waals surface area contributed by atoms with Crippen molar-refractivity contribution in [1.29, 1.82) is 0 Å². The van der Waals surface area contributed by atoms with E-state index in [9.17, 15) is 22.9 Å². The molecule has 0 aliphatic carbocycles. The van der Waals surface area contributed by atoms with Gasteiger partial charge in [0.1, 0.15) is 27.5 Å². The second-order valence-corrected chi connectivity index (χ2v) is 16.6. The van der Waals surface area contributed by atoms with Crippen molar-refractivity contribution in [3.05, 3.63) is 83.9 Å². The zero-order valence-electron chi connectivity index (χ0n) is 35.6. The molecule has 0 aliphatic rings. The van der Waals surface area contributed by atoms with E-state index >= 15 is 0 Å². The van der Waals surface area contributed by atoms with E-state index in [0.717, 1.165) is 29.8 Å². The molecule has 0 saturated heterocycles. The number of hydrogen-bond donors (Lipinski definition) is 2. The summed E-state index contributed by atoms with van der Waals surface area (Å²) in [5.74, 6) is 0.792. The third-order valence-electron chi connectivity index (χ3n) is 9.80. The standard InChI is InChI=1S/C22H26N4O3.C21H27N5O3S.Pd/c1-6-26(7-2)15-9-11-16(18(27)13-15)24-25-21-23-17-10-8-14(12-19(17)29-21)20(28)22(3,4)5;1-6-26(7-2)16-9-11-18(20(13-16)30(27,28)29)23-24-21-22-17-10-8-15(14(3)4)12-19(17)25(21)5;/h8-13,27H,6-7H2,1-5H3;8-14H,6-7H2,1-5H3,(H,27,28,29);. The van der Waals surface area contributed by atoms with Crippen LogP contribution in [0.15, 0.2) is 103 Å². The van der Waals surface area contributed by atoms with Crippen LogP contribution in [-0.2, 0) is 37.6 Å². The number of oxazole rings is 1. The summed E-state index contributed by atoms with van der Waals surface area (Å²) in [4.78, 5) is 25.0. The number of carbonyl (C=O) groups excluding carboxylic acids is 1. The van der Waals surface area contributed by atoms with E-state index in [1.165, 1.54) is 11.6 Å². The van der Waals surface area contributed by atoms with Crippen molar-refractivity contribution >= 4 is 72.7 Å². The maximum absolute atomic E-state index is 12.4. The fraction of sp³-hybridized carbons (Fsp3) is 0.372. The SMILES string of the molecule is CCN(CC)c1ccc(N=Nc2nc3ccc(C(=O)C(C)(C)C)cc3o2)c(O)c1.CCN(CC)c1ccc(N=Nc2nc3ccc(C(C)C)cc3n2C)c(S(=O)(=O)O)c1.[Pd]. The van der Waals surface area contributed by atoms with Gasteiger partial charge in [-0.2, -0.15) is 13.4 Å². The predicted molar refractivity (Wildman–Crippen MR) is 232 cm³/mol. The van der Waals surface area contributed by atoms with Crippen LogP contribution >= 0.6 is 0 Å². The van der Waals surface area contributed by atoms with Crippen LogP contribution in [0.1, 0.15) is 84.2 Å². The monoisotopic (exact) mass is 929 g/mol. The first-order valence-electron chi connectivity index (χ1n) is 19.6. The number of Topliss-reactive ketones (excluding diaryl/α,β-unsaturated/α-hetero) is 1. The van der Waals surface area contributed by atoms with Crippen molar-refractivity contribution < 1.29 is 47.7 Å². The number of fused-ring (bicyclic) bond motifs is 2. The predicted octanol–water partition coefficient (Wildman–Crippen LogP) is 11.2. The number of ketones is 1. The van der Waals surface area contributed by atoms with E-state index in [2.05, 4.69) is 69.1 Å². The number of nitrogens with zero attached hydrogens (tertiary/aromatic N) is 9. The normalized spacial score (nSPS) is 12.0. The second kappa shape index (κ2) is 19.8. The summed E-state index contributed by atoms with van der Waals surface area (Å²) >= 11 is 0. The van der Waals surface area contributed by atoms with E-state index in [1.807, 2.05) is 69.3 Å². The topological polar surface area (TPSA) is 191 Å². The Morgan fingerprint density at radius 3 is 1.93 bits per heavy atom. The molecule has 15 nitrogen and oxygen atoms in total. The van der Waals surface area contributed by atoms with Gasteiger partial charge in [0.05, 0.1) is 11.0 Å². The first kappa shape index (κ1) is 47.3. The smallest absolute Gasteiger partial charge is 0.341 e. The molecule has 60 heavy (non-hydrogen) atoms. The average molecular weight is 930 g/mol. The summed E-state index contributed by atoms with van der Waals surface area (Å²) < 4.78 is 41.0. The number of rotatable bonds is 13. The van der Waals surface area contributed by atoms with Crippen LogP contribution in [0.5, 0.6) is 5.75 Å². The van der Waals surface area contributed by atoms with Crippen LogP contribution in [-0.4, -0.2) is 64.6 Å². The van der Waals surface area contributed by atoms with Crippen molar-refractivity contribution in [3.63, 3.8) is 0 Å². The third kappa shape index (κ3) is 11.1. The number of aryl methyl sites for hydroxylation is 1. The molecule has 2 heterocycles. The minimum absolute atomic E-state index is 0. The van der Waals surface area contributed by atoms with Crippen molar-refractivity contribution in [3.8, 4) is 5.75 Å². The summed E-state index contributed by atoms with van der Waals surface area (Å²) in [6.07, 6.45) is 0. The van der Waals surface area contributed by atoms with Crippen LogP contribution < -0.4 is 9.80 Å². The molecule has 0 spiro atoms. The Labute approximate surface area is 365 Å². The Balaban J connectivity index is 0.000000260. The van der Waals surface area contributed by atoms with Gasteiger partial charge in [-0.3, -0.25) is 9.35 Å². The molecule has 0 unspecified atom stereocenters. The van der Waals surface area contributed by atoms with Crippen LogP contribution in [0.3, 0.4) is 0 Å². The summed E-state index contributed by atoms with van der Waals surface area (Å²) in [5, 5.41) is 26.6. The summed E-state index contributed by atoms with van der Waals surface area (Å²) in [7, 11) is -2.63. The molecule has 6 aromatic rings. The Bertz CT molecular complexity index is 2620. The fourth-order valence-electron chi connectivity index (χ4n) is 6.33. The van der Waals surface area contributed by atoms with Crippen molar-refractivity contribution in [2.75, 3.05) is 36.0 Å². The minimum Gasteiger partial charge on any atom is -0.506 e. The van der Waals surface area contributed by atoms with Crippen molar-refractivity contribution in [1.82, 2.24) is 14.5 Å². The first-order chi connectivity index (χ1) is 27.9. The van der Waals surface area contributed by atoms with Gasteiger partial charge in [-0.1, -0.05) is 45.8 Å². The van der Waals surface area contributed by atoms with Crippen LogP contribution in [0.25, 0.3) is 22.1 Å². The number of imidazole rings is 1. The number of hydrogen-bond acceptors (Lipinski definition) is 13. The molecular formula is C43H53N9O6PdS. The maximum atomic E-state index is 12.4. The molecule has 2 N–H and O–H groups in total. The molecule has 0 amide bonds. The van der Waals surface area contributed by atoms with Gasteiger partial charge in [-0.05, 0) is 99.8 Å². The quantitative estimate of drug-likeness (QED) is 0.0487. The van der Waals surface area contributed by atoms with Crippen molar-refractivity contribution in [2.24, 2.45) is 32.9 Å². The van der Waals surface area contributed by atoms with Crippen LogP contribution in [0.2, 0.25) is 0 Å². The van der Waals surface area contributed by atoms with E-state index in [1.54, 1.807) is 42.5 Å². The number of aromatic nitrogens is 3. The zero-order chi connectivity index (χ0) is 43.2. The van der Waals surface area contributed by atoms with Crippen LogP contribution in [0, 0.1) is 5.41 Å². The number of benzene rings is 4. The minimum atomic E-state index is -4.47. The number of anilines is 2. The van der Waals surface area contributed by atoms with Gasteiger partial charge in [0.2, 0.25) is 5.95 Å². The zero-order valence-corrected chi connectivity index (χ0v) is 38.0. The first-order valence-corrected chi connectivity index (χ1v) is 21.0. The molecular weight excluding hydrogens is 877 g/mol. The molecule has 0 radical (unpaired) electrons. The van der Waals surface area contributed by atoms with Gasteiger partial charge in [0, 0.05) is 82.1 Å². The fourth-order valence-corrected chi connectivity index (χ4v) is 6.97. The van der Waals surface area contributed by atoms with E-state index in [0.29, 0.717) is 53.0 Å². The Kier molecular flexibility index (Phi) is 15.6. The van der Waals surface area contributed by atoms with E-state index < -0.39 is 15.5 Å². The van der Waals surface area contributed by atoms with Gasteiger partial charge in [-0.15, -0.1) is 15.3 Å². The number of phenols is 1. The third-order valence-corrected chi connectivity index (χ3v) is 10.7. The second-order valence-electron chi connectivity index (χ2n) is 15.2. The molecule has 4 aromatic carbocycles. The molecule has 17 heteroatoms. The molecule has 322 valence electrons. The van der Waals surface area contributed by atoms with Gasteiger partial charge < -0.3 is 23.9 Å². The average Bonchev–Trinajstić information content (AvgIpc) is 3.76. The molecule has 0 fully saturated rings. The molecule has 0 bridgehead atoms. The summed E-state index contributed by atoms with van der Waals surface area (Å²) in [5.41, 5.74) is 6.02. The van der Waals surface area contributed by atoms with Gasteiger partial charge >= 0.3 is 6.01 Å².